The molecule has 7 heteroatoms. The lowest BCUT2D eigenvalue weighted by molar-refractivity contribution is 0.591. The highest BCUT2D eigenvalue weighted by Crippen LogP contribution is 2.45. The number of benzene rings is 8. The summed E-state index contributed by atoms with van der Waals surface area (Å²) in [7, 11) is 0. The molecule has 0 radical (unpaired) electrons. The predicted octanol–water partition coefficient (Wildman–Crippen LogP) is 9.86. The maximum Gasteiger partial charge on any atom is 0.165 e. The third kappa shape index (κ3) is 3.82. The first-order chi connectivity index (χ1) is 28.2. The van der Waals surface area contributed by atoms with E-state index >= 15 is 0 Å². The minimum atomic E-state index is 0.420. The number of fused-ring (bicyclic) bond motifs is 22. The first kappa shape index (κ1) is 29.6. The summed E-state index contributed by atoms with van der Waals surface area (Å²) in [6, 6.07) is 51.8. The van der Waals surface area contributed by atoms with Gasteiger partial charge in [0.1, 0.15) is 23.8 Å². The van der Waals surface area contributed by atoms with Crippen LogP contribution in [0.4, 0.5) is 11.6 Å². The van der Waals surface area contributed by atoms with Crippen LogP contribution in [0.15, 0.2) is 171 Å². The Hall–Kier alpha value is -7.77. The van der Waals surface area contributed by atoms with Gasteiger partial charge in [0.25, 0.3) is 0 Å². The summed E-state index contributed by atoms with van der Waals surface area (Å²) >= 11 is 0. The fraction of sp³-hybridized carbons (Fsp3) is 0.0200. The van der Waals surface area contributed by atoms with Gasteiger partial charge in [0.15, 0.2) is 17.5 Å². The first-order valence-electron chi connectivity index (χ1n) is 19.3. The minimum absolute atomic E-state index is 0.420. The quantitative estimate of drug-likeness (QED) is 0.149. The van der Waals surface area contributed by atoms with Crippen molar-refractivity contribution >= 4 is 106 Å². The highest BCUT2D eigenvalue weighted by molar-refractivity contribution is 6.38. The molecule has 0 spiro atoms. The molecule has 7 nitrogen and oxygen atoms in total. The van der Waals surface area contributed by atoms with E-state index in [0.717, 1.165) is 110 Å². The first-order valence-corrected chi connectivity index (χ1v) is 19.3. The van der Waals surface area contributed by atoms with E-state index in [1.807, 2.05) is 0 Å². The summed E-state index contributed by atoms with van der Waals surface area (Å²) in [6.07, 6.45) is 2.26. The molecular weight excluding hydrogens is 699 g/mol. The molecule has 4 aliphatic rings. The van der Waals surface area contributed by atoms with Crippen LogP contribution in [-0.2, 0) is 6.67 Å². The summed E-state index contributed by atoms with van der Waals surface area (Å²) in [4.78, 5) is 27.6. The van der Waals surface area contributed by atoms with Gasteiger partial charge in [0, 0.05) is 43.8 Å². The standard InChI is InChI=1S/C50H27N7/c1-5-13-31-27(9-1)18-22-36-41(31)39-25-40-35-21-17-29-11-3-7-15-33(29)43(35)49-54-46-37-23-19-28-10-2-6-14-32(28)42(37)47(52-46)55-48-38-24-20-30-12-4-8-16-34(30)44(38)50(53-45(36)51-39)57(48)26-56(40)49/h1-25H,26H2. The van der Waals surface area contributed by atoms with Gasteiger partial charge >= 0.3 is 0 Å². The fourth-order valence-electron chi connectivity index (χ4n) is 9.79. The molecule has 57 heavy (non-hydrogen) atoms. The lowest BCUT2D eigenvalue weighted by Gasteiger charge is -2.13. The van der Waals surface area contributed by atoms with Crippen molar-refractivity contribution in [1.82, 2.24) is 9.13 Å². The highest BCUT2D eigenvalue weighted by atomic mass is 15.3. The van der Waals surface area contributed by atoms with Crippen LogP contribution < -0.4 is 10.8 Å². The Balaban J connectivity index is 1.26. The number of nitrogens with zero attached hydrogens (tertiary/aromatic N) is 7. The number of rotatable bonds is 0. The van der Waals surface area contributed by atoms with Crippen molar-refractivity contribution in [2.24, 2.45) is 25.0 Å². The van der Waals surface area contributed by atoms with Crippen LogP contribution in [-0.4, -0.2) is 32.4 Å². The van der Waals surface area contributed by atoms with Crippen LogP contribution in [0.3, 0.4) is 0 Å². The van der Waals surface area contributed by atoms with E-state index in [2.05, 4.69) is 161 Å². The van der Waals surface area contributed by atoms with Gasteiger partial charge in [-0.1, -0.05) is 127 Å². The predicted molar refractivity (Wildman–Crippen MR) is 233 cm³/mol. The molecule has 2 aromatic heterocycles. The van der Waals surface area contributed by atoms with E-state index in [4.69, 9.17) is 25.0 Å². The molecule has 4 aliphatic heterocycles. The second-order valence-corrected chi connectivity index (χ2v) is 15.2. The van der Waals surface area contributed by atoms with Crippen LogP contribution in [0.5, 0.6) is 0 Å². The maximum absolute atomic E-state index is 5.62. The van der Waals surface area contributed by atoms with Gasteiger partial charge in [-0.3, -0.25) is 4.57 Å². The van der Waals surface area contributed by atoms with Gasteiger partial charge in [0.05, 0.1) is 11.1 Å². The zero-order chi connectivity index (χ0) is 36.9. The molecule has 0 atom stereocenters. The van der Waals surface area contributed by atoms with E-state index < -0.39 is 0 Å². The minimum Gasteiger partial charge on any atom is -0.306 e. The smallest absolute Gasteiger partial charge is 0.165 e. The van der Waals surface area contributed by atoms with Gasteiger partial charge in [0.2, 0.25) is 0 Å². The van der Waals surface area contributed by atoms with Gasteiger partial charge in [-0.25, -0.2) is 25.0 Å². The van der Waals surface area contributed by atoms with Gasteiger partial charge in [-0.05, 0) is 67.4 Å². The number of aromatic nitrogens is 2. The van der Waals surface area contributed by atoms with Crippen molar-refractivity contribution in [1.29, 1.82) is 0 Å². The van der Waals surface area contributed by atoms with Gasteiger partial charge in [-0.2, -0.15) is 0 Å². The second-order valence-electron chi connectivity index (χ2n) is 15.2. The summed E-state index contributed by atoms with van der Waals surface area (Å²) in [5.41, 5.74) is 5.81. The van der Waals surface area contributed by atoms with E-state index in [1.54, 1.807) is 0 Å². The summed E-state index contributed by atoms with van der Waals surface area (Å²) in [5.74, 6) is 3.62. The van der Waals surface area contributed by atoms with Crippen molar-refractivity contribution < 1.29 is 0 Å². The third-order valence-electron chi connectivity index (χ3n) is 12.3. The molecule has 8 aromatic carbocycles. The normalized spacial score (nSPS) is 14.9. The largest absolute Gasteiger partial charge is 0.306 e. The van der Waals surface area contributed by atoms with Crippen LogP contribution in [0, 0.1) is 0 Å². The Labute approximate surface area is 323 Å². The van der Waals surface area contributed by atoms with Crippen molar-refractivity contribution in [2.75, 3.05) is 0 Å². The maximum atomic E-state index is 5.62. The molecule has 262 valence electrons. The Kier molecular flexibility index (Phi) is 5.45. The molecule has 0 saturated heterocycles. The van der Waals surface area contributed by atoms with Gasteiger partial charge in [-0.15, -0.1) is 0 Å². The molecule has 0 amide bonds. The molecule has 6 bridgehead atoms. The van der Waals surface area contributed by atoms with Crippen molar-refractivity contribution in [3.05, 3.63) is 179 Å². The summed E-state index contributed by atoms with van der Waals surface area (Å²) < 4.78 is 4.62. The molecule has 10 aromatic rings. The van der Waals surface area contributed by atoms with Crippen molar-refractivity contribution in [3.63, 3.8) is 0 Å². The van der Waals surface area contributed by atoms with E-state index in [0.29, 0.717) is 24.2 Å². The Morgan fingerprint density at radius 1 is 0.368 bits per heavy atom. The zero-order valence-corrected chi connectivity index (χ0v) is 30.3. The van der Waals surface area contributed by atoms with Crippen LogP contribution >= 0.6 is 0 Å². The fourth-order valence-corrected chi connectivity index (χ4v) is 9.79. The topological polar surface area (TPSA) is 71.7 Å². The Morgan fingerprint density at radius 3 is 1.63 bits per heavy atom. The molecule has 14 rings (SSSR count). The monoisotopic (exact) mass is 725 g/mol. The average molecular weight is 726 g/mol. The van der Waals surface area contributed by atoms with Crippen molar-refractivity contribution in [2.45, 2.75) is 6.67 Å². The van der Waals surface area contributed by atoms with Gasteiger partial charge < -0.3 is 4.57 Å². The van der Waals surface area contributed by atoms with Crippen LogP contribution in [0.25, 0.3) is 70.7 Å². The van der Waals surface area contributed by atoms with E-state index in [9.17, 15) is 0 Å². The average Bonchev–Trinajstić information content (AvgIpc) is 3.97. The SMILES string of the molecule is C1=c2c3ccc4ccccc4c3c3n2Cn2c(c4ccc5ccccc5c4c2N=C2N=C1c1c2ccc2ccccc12)N=C1N=C(N=3)c2ccc3ccccc3c21. The number of aliphatic imine (C=N–C) groups is 4. The summed E-state index contributed by atoms with van der Waals surface area (Å²) in [5, 5.41) is 14.4. The Bertz CT molecular complexity index is 3830. The Morgan fingerprint density at radius 2 is 0.912 bits per heavy atom. The molecule has 6 heterocycles. The number of amidine groups is 3. The molecule has 0 fully saturated rings. The second kappa shape index (κ2) is 10.5. The van der Waals surface area contributed by atoms with E-state index in [-0.39, 0.29) is 0 Å². The van der Waals surface area contributed by atoms with Crippen LogP contribution in [0.2, 0.25) is 0 Å². The molecule has 0 unspecified atom stereocenters. The zero-order valence-electron chi connectivity index (χ0n) is 30.3. The molecule has 0 saturated carbocycles. The summed E-state index contributed by atoms with van der Waals surface area (Å²) in [6.45, 7) is 0.420. The lowest BCUT2D eigenvalue weighted by atomic mass is 9.96. The highest BCUT2D eigenvalue weighted by Gasteiger charge is 2.31. The number of hydrogen-bond donors (Lipinski definition) is 0. The molecule has 0 aliphatic carbocycles. The third-order valence-corrected chi connectivity index (χ3v) is 12.3. The van der Waals surface area contributed by atoms with Crippen LogP contribution in [0.1, 0.15) is 22.3 Å². The molecule has 0 N–H and O–H groups in total. The van der Waals surface area contributed by atoms with Crippen molar-refractivity contribution in [3.8, 4) is 0 Å². The number of hydrogen-bond acceptors (Lipinski definition) is 5. The lowest BCUT2D eigenvalue weighted by Crippen LogP contribution is -2.32. The molecular formula is C50H27N7. The van der Waals surface area contributed by atoms with E-state index in [1.165, 1.54) is 5.39 Å².